The van der Waals surface area contributed by atoms with Gasteiger partial charge in [0.25, 0.3) is 11.8 Å². The third-order valence-corrected chi connectivity index (χ3v) is 7.42. The molecule has 3 amide bonds. The summed E-state index contributed by atoms with van der Waals surface area (Å²) in [5, 5.41) is 3.05. The Labute approximate surface area is 221 Å². The van der Waals surface area contributed by atoms with Gasteiger partial charge in [0.1, 0.15) is 29.9 Å². The lowest BCUT2D eigenvalue weighted by Gasteiger charge is -2.33. The van der Waals surface area contributed by atoms with Gasteiger partial charge in [0.15, 0.2) is 17.2 Å². The fourth-order valence-electron chi connectivity index (χ4n) is 4.72. The number of nitrogens with zero attached hydrogens (tertiary/aromatic N) is 2. The Morgan fingerprint density at radius 1 is 1.05 bits per heavy atom. The Bertz CT molecular complexity index is 1370. The number of carbonyl (C=O) groups excluding carboxylic acids is 3. The quantitative estimate of drug-likeness (QED) is 0.417. The predicted octanol–water partition coefficient (Wildman–Crippen LogP) is 3.18. The van der Waals surface area contributed by atoms with Crippen LogP contribution in [0, 0.1) is 5.82 Å². The van der Waals surface area contributed by atoms with Crippen LogP contribution in [0.1, 0.15) is 57.4 Å². The maximum Gasteiger partial charge on any atom is 0.273 e. The molecule has 0 saturated heterocycles. The number of carbonyl (C=O) groups is 3. The van der Waals surface area contributed by atoms with Crippen molar-refractivity contribution in [3.63, 3.8) is 0 Å². The second-order valence-electron chi connectivity index (χ2n) is 9.09. The molecule has 2 aromatic carbocycles. The van der Waals surface area contributed by atoms with Crippen LogP contribution in [-0.2, 0) is 4.79 Å². The van der Waals surface area contributed by atoms with Crippen molar-refractivity contribution in [1.82, 2.24) is 9.69 Å². The van der Waals surface area contributed by atoms with Gasteiger partial charge in [-0.1, -0.05) is 25.0 Å². The number of nitrogens with two attached hydrogens (primary N) is 2. The van der Waals surface area contributed by atoms with Crippen LogP contribution < -0.4 is 31.2 Å². The van der Waals surface area contributed by atoms with Crippen LogP contribution in [-0.4, -0.2) is 41.4 Å². The van der Waals surface area contributed by atoms with Gasteiger partial charge < -0.3 is 26.3 Å². The van der Waals surface area contributed by atoms with E-state index in [1.165, 1.54) is 29.2 Å². The first-order valence-electron chi connectivity index (χ1n) is 12.2. The van der Waals surface area contributed by atoms with Crippen LogP contribution in [0.5, 0.6) is 11.5 Å². The second-order valence-corrected chi connectivity index (χ2v) is 9.86. The number of nitrogens with one attached hydrogen (secondary N) is 1. The van der Waals surface area contributed by atoms with E-state index in [-0.39, 0.29) is 22.3 Å². The highest BCUT2D eigenvalue weighted by atomic mass is 32.1. The number of rotatable bonds is 7. The van der Waals surface area contributed by atoms with E-state index in [1.54, 1.807) is 18.2 Å². The van der Waals surface area contributed by atoms with E-state index >= 15 is 0 Å². The maximum atomic E-state index is 14.1. The summed E-state index contributed by atoms with van der Waals surface area (Å²) in [6.45, 7) is 0.696. The third-order valence-electron chi connectivity index (χ3n) is 6.57. The molecule has 0 bridgehead atoms. The monoisotopic (exact) mass is 539 g/mol. The minimum Gasteiger partial charge on any atom is -0.486 e. The summed E-state index contributed by atoms with van der Waals surface area (Å²) in [4.78, 5) is 41.0. The van der Waals surface area contributed by atoms with Gasteiger partial charge in [0.05, 0.1) is 5.69 Å². The Kier molecular flexibility index (Phi) is 7.14. The normalized spacial score (nSPS) is 15.6. The molecule has 0 unspecified atom stereocenters. The molecule has 198 valence electrons. The number of aromatic nitrogens is 1. The molecule has 38 heavy (non-hydrogen) atoms. The zero-order valence-electron chi connectivity index (χ0n) is 20.3. The summed E-state index contributed by atoms with van der Waals surface area (Å²) in [6, 6.07) is 8.98. The van der Waals surface area contributed by atoms with Gasteiger partial charge in [-0.05, 0) is 54.2 Å². The summed E-state index contributed by atoms with van der Waals surface area (Å²) in [5.74, 6) is -1.59. The molecule has 3 aromatic rings. The van der Waals surface area contributed by atoms with Crippen LogP contribution in [0.3, 0.4) is 0 Å². The summed E-state index contributed by atoms with van der Waals surface area (Å²) >= 11 is 0.709. The van der Waals surface area contributed by atoms with Crippen LogP contribution in [0.2, 0.25) is 0 Å². The van der Waals surface area contributed by atoms with Crippen molar-refractivity contribution in [2.75, 3.05) is 23.8 Å². The van der Waals surface area contributed by atoms with E-state index in [4.69, 9.17) is 20.9 Å². The molecule has 2 heterocycles. The standard InChI is InChI=1S/C26H26FN5O5S/c27-15-7-5-14(6-8-15)22(25(34)30-16-3-1-2-4-16)32(17-9-10-18-19(13-17)37-12-11-36-18)26(35)23-20(28)21(24(29)33)31-38-23/h5-10,13,16,22H,1-4,11-12,28H2,(H2,29,33)(H,30,34)/t22-/m1/s1. The van der Waals surface area contributed by atoms with Gasteiger partial charge in [-0.3, -0.25) is 19.3 Å². The maximum absolute atomic E-state index is 14.1. The van der Waals surface area contributed by atoms with Gasteiger partial charge in [-0.2, -0.15) is 4.37 Å². The minimum absolute atomic E-state index is 0.0439. The fraction of sp³-hybridized carbons (Fsp3) is 0.308. The van der Waals surface area contributed by atoms with E-state index < -0.39 is 29.6 Å². The average molecular weight is 540 g/mol. The minimum atomic E-state index is -1.20. The largest absolute Gasteiger partial charge is 0.486 e. The fourth-order valence-corrected chi connectivity index (χ4v) is 5.46. The SMILES string of the molecule is NC(=O)c1nsc(C(=O)N(c2ccc3c(c2)OCCO3)[C@@H](C(=O)NC2CCCC2)c2ccc(F)cc2)c1N. The first-order valence-corrected chi connectivity index (χ1v) is 12.9. The molecule has 10 nitrogen and oxygen atoms in total. The lowest BCUT2D eigenvalue weighted by Crippen LogP contribution is -2.46. The molecule has 0 spiro atoms. The Morgan fingerprint density at radius 2 is 1.74 bits per heavy atom. The lowest BCUT2D eigenvalue weighted by atomic mass is 10.0. The number of benzene rings is 2. The highest BCUT2D eigenvalue weighted by Gasteiger charge is 2.37. The average Bonchev–Trinajstić information content (AvgIpc) is 3.56. The number of fused-ring (bicyclic) bond motifs is 1. The van der Waals surface area contributed by atoms with Crippen molar-refractivity contribution in [3.8, 4) is 11.5 Å². The molecule has 0 radical (unpaired) electrons. The van der Waals surface area contributed by atoms with Crippen molar-refractivity contribution in [2.45, 2.75) is 37.8 Å². The van der Waals surface area contributed by atoms with Crippen molar-refractivity contribution in [1.29, 1.82) is 0 Å². The van der Waals surface area contributed by atoms with E-state index in [0.29, 0.717) is 47.5 Å². The molecule has 1 atom stereocenters. The molecule has 12 heteroatoms. The summed E-state index contributed by atoms with van der Waals surface area (Å²) < 4.78 is 29.2. The molecule has 1 aliphatic carbocycles. The van der Waals surface area contributed by atoms with E-state index in [1.807, 2.05) is 0 Å². The molecule has 5 rings (SSSR count). The molecule has 1 saturated carbocycles. The van der Waals surface area contributed by atoms with Crippen molar-refractivity contribution in [2.24, 2.45) is 5.73 Å². The smallest absolute Gasteiger partial charge is 0.273 e. The Hall–Kier alpha value is -4.19. The second kappa shape index (κ2) is 10.7. The van der Waals surface area contributed by atoms with Gasteiger partial charge in [-0.15, -0.1) is 0 Å². The molecule has 1 fully saturated rings. The number of nitrogen functional groups attached to an aromatic ring is 1. The first-order chi connectivity index (χ1) is 18.3. The number of hydrogen-bond acceptors (Lipinski definition) is 8. The lowest BCUT2D eigenvalue weighted by molar-refractivity contribution is -0.123. The highest BCUT2D eigenvalue weighted by molar-refractivity contribution is 7.09. The first kappa shape index (κ1) is 25.5. The molecule has 2 aliphatic rings. The van der Waals surface area contributed by atoms with Crippen LogP contribution in [0.25, 0.3) is 0 Å². The molecule has 1 aliphatic heterocycles. The number of primary amides is 1. The number of amides is 3. The van der Waals surface area contributed by atoms with Gasteiger partial charge >= 0.3 is 0 Å². The van der Waals surface area contributed by atoms with Crippen molar-refractivity contribution in [3.05, 3.63) is 64.4 Å². The number of anilines is 2. The molecule has 5 N–H and O–H groups in total. The predicted molar refractivity (Wildman–Crippen MR) is 139 cm³/mol. The molecular weight excluding hydrogens is 513 g/mol. The van der Waals surface area contributed by atoms with E-state index in [9.17, 15) is 18.8 Å². The number of hydrogen-bond donors (Lipinski definition) is 3. The molecular formula is C26H26FN5O5S. The number of ether oxygens (including phenoxy) is 2. The van der Waals surface area contributed by atoms with Crippen molar-refractivity contribution >= 4 is 40.6 Å². The van der Waals surface area contributed by atoms with Crippen LogP contribution in [0.15, 0.2) is 42.5 Å². The zero-order valence-corrected chi connectivity index (χ0v) is 21.1. The summed E-state index contributed by atoms with van der Waals surface area (Å²) in [6.07, 6.45) is 3.63. The molecule has 1 aromatic heterocycles. The number of halogens is 1. The third kappa shape index (κ3) is 4.99. The van der Waals surface area contributed by atoms with Gasteiger partial charge in [0, 0.05) is 17.8 Å². The summed E-state index contributed by atoms with van der Waals surface area (Å²) in [5.41, 5.74) is 11.8. The van der Waals surface area contributed by atoms with Crippen LogP contribution in [0.4, 0.5) is 15.8 Å². The topological polar surface area (TPSA) is 150 Å². The Morgan fingerprint density at radius 3 is 2.39 bits per heavy atom. The Balaban J connectivity index is 1.64. The van der Waals surface area contributed by atoms with Gasteiger partial charge in [0.2, 0.25) is 5.91 Å². The van der Waals surface area contributed by atoms with Crippen LogP contribution >= 0.6 is 11.5 Å². The van der Waals surface area contributed by atoms with Gasteiger partial charge in [-0.25, -0.2) is 4.39 Å². The van der Waals surface area contributed by atoms with E-state index in [0.717, 1.165) is 25.7 Å². The van der Waals surface area contributed by atoms with E-state index in [2.05, 4.69) is 9.69 Å². The zero-order chi connectivity index (χ0) is 26.8. The summed E-state index contributed by atoms with van der Waals surface area (Å²) in [7, 11) is 0. The van der Waals surface area contributed by atoms with Crippen molar-refractivity contribution < 1.29 is 28.2 Å². The highest BCUT2D eigenvalue weighted by Crippen LogP contribution is 2.39.